The molecule has 0 radical (unpaired) electrons. The molecular weight excluding hydrogens is 238 g/mol. The summed E-state index contributed by atoms with van der Waals surface area (Å²) >= 11 is 0. The van der Waals surface area contributed by atoms with E-state index in [2.05, 4.69) is 11.8 Å². The van der Waals surface area contributed by atoms with Gasteiger partial charge in [0.1, 0.15) is 5.75 Å². The lowest BCUT2D eigenvalue weighted by atomic mass is 9.85. The van der Waals surface area contributed by atoms with Gasteiger partial charge in [-0.05, 0) is 49.6 Å². The molecule has 1 fully saturated rings. The van der Waals surface area contributed by atoms with E-state index in [-0.39, 0.29) is 5.78 Å². The van der Waals surface area contributed by atoms with Crippen LogP contribution in [0.15, 0.2) is 24.3 Å². The zero-order chi connectivity index (χ0) is 13.7. The van der Waals surface area contributed by atoms with Crippen LogP contribution in [-0.2, 0) is 0 Å². The summed E-state index contributed by atoms with van der Waals surface area (Å²) < 4.78 is 5.10. The minimum absolute atomic E-state index is 0.198. The Kier molecular flexibility index (Phi) is 4.97. The molecule has 104 valence electrons. The highest BCUT2D eigenvalue weighted by Crippen LogP contribution is 2.27. The lowest BCUT2D eigenvalue weighted by Crippen LogP contribution is -2.36. The van der Waals surface area contributed by atoms with Crippen molar-refractivity contribution in [2.24, 2.45) is 5.92 Å². The largest absolute Gasteiger partial charge is 0.497 e. The van der Waals surface area contributed by atoms with Gasteiger partial charge in [-0.15, -0.1) is 0 Å². The maximum absolute atomic E-state index is 12.2. The molecule has 3 nitrogen and oxygen atoms in total. The van der Waals surface area contributed by atoms with Gasteiger partial charge in [-0.2, -0.15) is 0 Å². The maximum atomic E-state index is 12.2. The maximum Gasteiger partial charge on any atom is 0.176 e. The van der Waals surface area contributed by atoms with Crippen LogP contribution < -0.4 is 4.74 Å². The van der Waals surface area contributed by atoms with E-state index in [1.165, 1.54) is 19.3 Å². The molecule has 0 atom stereocenters. The Balaban J connectivity index is 1.89. The van der Waals surface area contributed by atoms with Crippen LogP contribution in [-0.4, -0.2) is 37.4 Å². The Hall–Kier alpha value is -1.35. The summed E-state index contributed by atoms with van der Waals surface area (Å²) in [6.45, 7) is 4.66. The van der Waals surface area contributed by atoms with E-state index in [0.29, 0.717) is 6.54 Å². The summed E-state index contributed by atoms with van der Waals surface area (Å²) in [5.74, 6) is 1.80. The molecule has 1 aromatic rings. The number of carbonyl (C=O) groups is 1. The van der Waals surface area contributed by atoms with Crippen LogP contribution in [0, 0.1) is 5.92 Å². The topological polar surface area (TPSA) is 29.5 Å². The van der Waals surface area contributed by atoms with E-state index in [9.17, 15) is 4.79 Å². The van der Waals surface area contributed by atoms with Gasteiger partial charge in [-0.3, -0.25) is 9.69 Å². The minimum Gasteiger partial charge on any atom is -0.497 e. The van der Waals surface area contributed by atoms with Crippen molar-refractivity contribution in [2.75, 3.05) is 26.7 Å². The average molecular weight is 261 g/mol. The zero-order valence-corrected chi connectivity index (χ0v) is 11.9. The third-order valence-corrected chi connectivity index (χ3v) is 3.97. The van der Waals surface area contributed by atoms with Crippen molar-refractivity contribution in [1.29, 1.82) is 0 Å². The van der Waals surface area contributed by atoms with Crippen molar-refractivity contribution >= 4 is 5.78 Å². The number of nitrogens with zero attached hydrogens (tertiary/aromatic N) is 1. The third kappa shape index (κ3) is 3.80. The van der Waals surface area contributed by atoms with E-state index < -0.39 is 0 Å². The lowest BCUT2D eigenvalue weighted by Gasteiger charge is -2.31. The second-order valence-corrected chi connectivity index (χ2v) is 5.28. The van der Waals surface area contributed by atoms with E-state index in [1.807, 2.05) is 24.3 Å². The number of ether oxygens (including phenoxy) is 1. The molecule has 1 aliphatic carbocycles. The summed E-state index contributed by atoms with van der Waals surface area (Å²) in [5.41, 5.74) is 0.771. The highest BCUT2D eigenvalue weighted by molar-refractivity contribution is 5.97. The Bertz CT molecular complexity index is 409. The van der Waals surface area contributed by atoms with Gasteiger partial charge in [0.15, 0.2) is 5.78 Å². The second-order valence-electron chi connectivity index (χ2n) is 5.28. The van der Waals surface area contributed by atoms with E-state index in [1.54, 1.807) is 7.11 Å². The van der Waals surface area contributed by atoms with E-state index in [0.717, 1.165) is 30.3 Å². The summed E-state index contributed by atoms with van der Waals surface area (Å²) in [4.78, 5) is 14.5. The number of likely N-dealkylation sites (N-methyl/N-ethyl adjacent to an activating group) is 1. The molecule has 0 unspecified atom stereocenters. The standard InChI is InChI=1S/C16H23NO2/c1-3-17(11-13-5-4-6-13)12-16(18)14-7-9-15(19-2)10-8-14/h7-10,13H,3-6,11-12H2,1-2H3. The Morgan fingerprint density at radius 2 is 2.00 bits per heavy atom. The smallest absolute Gasteiger partial charge is 0.176 e. The van der Waals surface area contributed by atoms with Gasteiger partial charge < -0.3 is 4.74 Å². The number of benzene rings is 1. The second kappa shape index (κ2) is 6.71. The van der Waals surface area contributed by atoms with E-state index in [4.69, 9.17) is 4.74 Å². The normalized spacial score (nSPS) is 15.3. The molecule has 0 heterocycles. The summed E-state index contributed by atoms with van der Waals surface area (Å²) in [5, 5.41) is 0. The molecule has 1 aliphatic rings. The average Bonchev–Trinajstić information content (AvgIpc) is 2.41. The molecule has 0 aromatic heterocycles. The molecule has 1 saturated carbocycles. The monoisotopic (exact) mass is 261 g/mol. The lowest BCUT2D eigenvalue weighted by molar-refractivity contribution is 0.0905. The first kappa shape index (κ1) is 14.1. The Morgan fingerprint density at radius 3 is 2.47 bits per heavy atom. The highest BCUT2D eigenvalue weighted by atomic mass is 16.5. The molecule has 0 aliphatic heterocycles. The molecule has 2 rings (SSSR count). The Labute approximate surface area is 115 Å². The van der Waals surface area contributed by atoms with Crippen LogP contribution in [0.4, 0.5) is 0 Å². The van der Waals surface area contributed by atoms with Crippen molar-refractivity contribution in [3.05, 3.63) is 29.8 Å². The first-order chi connectivity index (χ1) is 9.22. The van der Waals surface area contributed by atoms with Gasteiger partial charge in [0, 0.05) is 12.1 Å². The number of methoxy groups -OCH3 is 1. The molecule has 0 N–H and O–H groups in total. The molecule has 0 spiro atoms. The van der Waals surface area contributed by atoms with Gasteiger partial charge in [0.2, 0.25) is 0 Å². The van der Waals surface area contributed by atoms with Crippen molar-refractivity contribution in [2.45, 2.75) is 26.2 Å². The number of hydrogen-bond donors (Lipinski definition) is 0. The first-order valence-corrected chi connectivity index (χ1v) is 7.12. The van der Waals surface area contributed by atoms with Crippen LogP contribution in [0.1, 0.15) is 36.5 Å². The Morgan fingerprint density at radius 1 is 1.32 bits per heavy atom. The first-order valence-electron chi connectivity index (χ1n) is 7.12. The van der Waals surface area contributed by atoms with Gasteiger partial charge in [0.05, 0.1) is 13.7 Å². The fraction of sp³-hybridized carbons (Fsp3) is 0.562. The van der Waals surface area contributed by atoms with Crippen molar-refractivity contribution in [3.63, 3.8) is 0 Å². The number of hydrogen-bond acceptors (Lipinski definition) is 3. The molecule has 0 amide bonds. The van der Waals surface area contributed by atoms with Crippen molar-refractivity contribution in [1.82, 2.24) is 4.90 Å². The summed E-state index contributed by atoms with van der Waals surface area (Å²) in [7, 11) is 1.63. The van der Waals surface area contributed by atoms with Gasteiger partial charge >= 0.3 is 0 Å². The van der Waals surface area contributed by atoms with Crippen LogP contribution in [0.25, 0.3) is 0 Å². The summed E-state index contributed by atoms with van der Waals surface area (Å²) in [6, 6.07) is 7.38. The molecular formula is C16H23NO2. The predicted molar refractivity (Wildman–Crippen MR) is 76.8 cm³/mol. The summed E-state index contributed by atoms with van der Waals surface area (Å²) in [6.07, 6.45) is 4.01. The predicted octanol–water partition coefficient (Wildman–Crippen LogP) is 3.00. The minimum atomic E-state index is 0.198. The number of rotatable bonds is 7. The molecule has 19 heavy (non-hydrogen) atoms. The van der Waals surface area contributed by atoms with Gasteiger partial charge in [0.25, 0.3) is 0 Å². The number of ketones is 1. The zero-order valence-electron chi connectivity index (χ0n) is 11.9. The van der Waals surface area contributed by atoms with Crippen LogP contribution in [0.2, 0.25) is 0 Å². The molecule has 3 heteroatoms. The van der Waals surface area contributed by atoms with Crippen LogP contribution >= 0.6 is 0 Å². The van der Waals surface area contributed by atoms with Crippen molar-refractivity contribution < 1.29 is 9.53 Å². The quantitative estimate of drug-likeness (QED) is 0.707. The molecule has 1 aromatic carbocycles. The van der Waals surface area contributed by atoms with Crippen LogP contribution in [0.5, 0.6) is 5.75 Å². The van der Waals surface area contributed by atoms with E-state index >= 15 is 0 Å². The number of Topliss-reactive ketones (excluding diaryl/α,β-unsaturated/α-hetero) is 1. The highest BCUT2D eigenvalue weighted by Gasteiger charge is 2.21. The molecule has 0 bridgehead atoms. The fourth-order valence-corrected chi connectivity index (χ4v) is 2.42. The third-order valence-electron chi connectivity index (χ3n) is 3.97. The number of carbonyl (C=O) groups excluding carboxylic acids is 1. The van der Waals surface area contributed by atoms with Crippen LogP contribution in [0.3, 0.4) is 0 Å². The SMILES string of the molecule is CCN(CC(=O)c1ccc(OC)cc1)CC1CCC1. The molecule has 0 saturated heterocycles. The van der Waals surface area contributed by atoms with Gasteiger partial charge in [-0.1, -0.05) is 13.3 Å². The van der Waals surface area contributed by atoms with Crippen molar-refractivity contribution in [3.8, 4) is 5.75 Å². The fourth-order valence-electron chi connectivity index (χ4n) is 2.42. The van der Waals surface area contributed by atoms with Gasteiger partial charge in [-0.25, -0.2) is 0 Å².